The molecule has 3 unspecified atom stereocenters. The quantitative estimate of drug-likeness (QED) is 0.0222. The van der Waals surface area contributed by atoms with Crippen LogP contribution < -0.4 is 0 Å². The van der Waals surface area contributed by atoms with Crippen molar-refractivity contribution in [3.05, 3.63) is 0 Å². The van der Waals surface area contributed by atoms with Gasteiger partial charge in [-0.15, -0.1) is 0 Å². The molecule has 0 fully saturated rings. The lowest BCUT2D eigenvalue weighted by molar-refractivity contribution is -0.161. The molecular formula is C78H152O17P2. The molecule has 0 radical (unpaired) electrons. The number of phosphoric ester groups is 2. The Morgan fingerprint density at radius 2 is 0.433 bits per heavy atom. The fourth-order valence-electron chi connectivity index (χ4n) is 11.9. The highest BCUT2D eigenvalue weighted by Crippen LogP contribution is 2.45. The van der Waals surface area contributed by atoms with Gasteiger partial charge in [0.25, 0.3) is 0 Å². The lowest BCUT2D eigenvalue weighted by Gasteiger charge is -2.21. The first-order valence-corrected chi connectivity index (χ1v) is 43.2. The topological polar surface area (TPSA) is 237 Å². The van der Waals surface area contributed by atoms with E-state index in [1.807, 2.05) is 0 Å². The summed E-state index contributed by atoms with van der Waals surface area (Å²) in [6.45, 7) is 14.2. The number of hydrogen-bond donors (Lipinski definition) is 3. The minimum atomic E-state index is -4.96. The van der Waals surface area contributed by atoms with Crippen molar-refractivity contribution in [3.8, 4) is 0 Å². The minimum absolute atomic E-state index is 0.106. The van der Waals surface area contributed by atoms with E-state index in [4.69, 9.17) is 37.0 Å². The smallest absolute Gasteiger partial charge is 0.462 e. The van der Waals surface area contributed by atoms with E-state index in [9.17, 15) is 43.2 Å². The Labute approximate surface area is 594 Å². The van der Waals surface area contributed by atoms with E-state index in [0.717, 1.165) is 114 Å². The van der Waals surface area contributed by atoms with Gasteiger partial charge in [0.05, 0.1) is 26.4 Å². The van der Waals surface area contributed by atoms with Gasteiger partial charge >= 0.3 is 39.5 Å². The highest BCUT2D eigenvalue weighted by atomic mass is 31.2. The van der Waals surface area contributed by atoms with Gasteiger partial charge in [0.2, 0.25) is 0 Å². The summed E-state index contributed by atoms with van der Waals surface area (Å²) in [4.78, 5) is 72.9. The first kappa shape index (κ1) is 95.1. The number of phosphoric acid groups is 2. The van der Waals surface area contributed by atoms with Crippen LogP contribution in [0, 0.1) is 23.7 Å². The molecule has 0 rings (SSSR count). The molecule has 0 spiro atoms. The fourth-order valence-corrected chi connectivity index (χ4v) is 13.5. The Hall–Kier alpha value is -1.94. The van der Waals surface area contributed by atoms with E-state index >= 15 is 0 Å². The molecule has 0 aliphatic carbocycles. The van der Waals surface area contributed by atoms with Crippen molar-refractivity contribution in [1.29, 1.82) is 0 Å². The van der Waals surface area contributed by atoms with Gasteiger partial charge in [-0.25, -0.2) is 9.13 Å². The number of carbonyl (C=O) groups is 4. The highest BCUT2D eigenvalue weighted by Gasteiger charge is 2.30. The summed E-state index contributed by atoms with van der Waals surface area (Å²) >= 11 is 0. The van der Waals surface area contributed by atoms with Crippen molar-refractivity contribution in [2.24, 2.45) is 23.7 Å². The molecule has 576 valence electrons. The molecule has 5 atom stereocenters. The van der Waals surface area contributed by atoms with Crippen LogP contribution in [0.25, 0.3) is 0 Å². The fraction of sp³-hybridized carbons (Fsp3) is 0.949. The predicted octanol–water partition coefficient (Wildman–Crippen LogP) is 22.8. The van der Waals surface area contributed by atoms with Crippen molar-refractivity contribution in [2.45, 2.75) is 414 Å². The van der Waals surface area contributed by atoms with Crippen LogP contribution in [0.2, 0.25) is 0 Å². The van der Waals surface area contributed by atoms with Gasteiger partial charge in [-0.1, -0.05) is 344 Å². The standard InChI is InChI=1S/C78H152O17P2/c1-68(2)54-46-38-30-23-17-13-10-9-11-15-19-27-35-44-52-60-77(82)94-73(64-88-75(80)58-50-42-34-26-22-21-25-32-40-48-56-70(5)6)66-92-96(84,85)90-62-72(79)63-91-97(86,87)93-67-74(65-89-76(81)59-51-43-37-29-33-41-49-57-71(7)8)95-78(83)61-53-45-36-28-20-16-12-14-18-24-31-39-47-55-69(3)4/h68-74,79H,9-67H2,1-8H3,(H,84,85)(H,86,87)/t72?,73-,74-/m1/s1. The van der Waals surface area contributed by atoms with Crippen molar-refractivity contribution < 1.29 is 80.2 Å². The number of hydrogen-bond acceptors (Lipinski definition) is 15. The number of rotatable bonds is 75. The Balaban J connectivity index is 5.24. The number of aliphatic hydroxyl groups is 1. The van der Waals surface area contributed by atoms with E-state index in [0.29, 0.717) is 31.6 Å². The lowest BCUT2D eigenvalue weighted by atomic mass is 10.0. The van der Waals surface area contributed by atoms with Crippen LogP contribution in [-0.4, -0.2) is 96.7 Å². The third-order valence-electron chi connectivity index (χ3n) is 18.1. The second-order valence-corrected chi connectivity index (χ2v) is 32.9. The molecule has 0 amide bonds. The summed E-state index contributed by atoms with van der Waals surface area (Å²) in [5.74, 6) is 0.934. The van der Waals surface area contributed by atoms with Crippen LogP contribution in [0.5, 0.6) is 0 Å². The van der Waals surface area contributed by atoms with Crippen LogP contribution in [0.1, 0.15) is 396 Å². The van der Waals surface area contributed by atoms with Gasteiger partial charge in [0, 0.05) is 25.7 Å². The van der Waals surface area contributed by atoms with Crippen molar-refractivity contribution in [2.75, 3.05) is 39.6 Å². The molecule has 97 heavy (non-hydrogen) atoms. The van der Waals surface area contributed by atoms with Crippen LogP contribution >= 0.6 is 15.6 Å². The Morgan fingerprint density at radius 1 is 0.258 bits per heavy atom. The summed E-state index contributed by atoms with van der Waals surface area (Å²) in [6, 6.07) is 0. The van der Waals surface area contributed by atoms with Crippen molar-refractivity contribution in [3.63, 3.8) is 0 Å². The van der Waals surface area contributed by atoms with Gasteiger partial charge in [0.15, 0.2) is 12.2 Å². The number of unbranched alkanes of at least 4 members (excludes halogenated alkanes) is 41. The molecule has 0 aliphatic heterocycles. The van der Waals surface area contributed by atoms with Gasteiger partial charge < -0.3 is 33.8 Å². The zero-order chi connectivity index (χ0) is 71.7. The number of carbonyl (C=O) groups excluding carboxylic acids is 4. The average molecular weight is 1420 g/mol. The van der Waals surface area contributed by atoms with Gasteiger partial charge in [-0.3, -0.25) is 37.3 Å². The summed E-state index contributed by atoms with van der Waals surface area (Å²) in [5, 5.41) is 10.6. The SMILES string of the molecule is CC(C)CCCCCCCCCCCCCCCCCC(=O)O[C@H](COC(=O)CCCCCCCCCCCCC(C)C)COP(=O)(O)OCC(O)COP(=O)(O)OC[C@@H](COC(=O)CCCCCCCCCC(C)C)OC(=O)CCCCCCCCCCCCCCCC(C)C. The van der Waals surface area contributed by atoms with Crippen molar-refractivity contribution in [1.82, 2.24) is 0 Å². The average Bonchev–Trinajstić information content (AvgIpc) is 1.77. The normalized spacial score (nSPS) is 14.1. The van der Waals surface area contributed by atoms with Gasteiger partial charge in [0.1, 0.15) is 19.3 Å². The van der Waals surface area contributed by atoms with E-state index in [-0.39, 0.29) is 25.7 Å². The molecule has 3 N–H and O–H groups in total. The summed E-state index contributed by atoms with van der Waals surface area (Å²) in [7, 11) is -9.92. The van der Waals surface area contributed by atoms with Crippen LogP contribution in [0.4, 0.5) is 0 Å². The second kappa shape index (κ2) is 67.2. The monoisotopic (exact) mass is 1420 g/mol. The Kier molecular flexibility index (Phi) is 65.9. The second-order valence-electron chi connectivity index (χ2n) is 30.0. The van der Waals surface area contributed by atoms with Crippen molar-refractivity contribution >= 4 is 39.5 Å². The maximum absolute atomic E-state index is 13.1. The third-order valence-corrected chi connectivity index (χ3v) is 20.0. The van der Waals surface area contributed by atoms with Gasteiger partial charge in [-0.2, -0.15) is 0 Å². The largest absolute Gasteiger partial charge is 0.472 e. The van der Waals surface area contributed by atoms with Crippen LogP contribution in [-0.2, 0) is 65.4 Å². The molecule has 0 bridgehead atoms. The van der Waals surface area contributed by atoms with E-state index < -0.39 is 97.5 Å². The highest BCUT2D eigenvalue weighted by molar-refractivity contribution is 7.47. The third kappa shape index (κ3) is 72.2. The molecule has 17 nitrogen and oxygen atoms in total. The van der Waals surface area contributed by atoms with Gasteiger partial charge in [-0.05, 0) is 49.4 Å². The zero-order valence-electron chi connectivity index (χ0n) is 63.7. The van der Waals surface area contributed by atoms with Crippen LogP contribution in [0.3, 0.4) is 0 Å². The molecule has 0 aliphatic rings. The summed E-state index contributed by atoms with van der Waals surface area (Å²) in [5.41, 5.74) is 0. The van der Waals surface area contributed by atoms with E-state index in [1.165, 1.54) is 193 Å². The molecule has 0 saturated carbocycles. The predicted molar refractivity (Wildman–Crippen MR) is 395 cm³/mol. The maximum Gasteiger partial charge on any atom is 0.472 e. The van der Waals surface area contributed by atoms with E-state index in [2.05, 4.69) is 55.4 Å². The molecule has 0 aromatic carbocycles. The molecule has 0 heterocycles. The van der Waals surface area contributed by atoms with Crippen LogP contribution in [0.15, 0.2) is 0 Å². The minimum Gasteiger partial charge on any atom is -0.462 e. The first-order chi connectivity index (χ1) is 46.6. The Morgan fingerprint density at radius 3 is 0.639 bits per heavy atom. The molecule has 19 heteroatoms. The first-order valence-electron chi connectivity index (χ1n) is 40.2. The number of aliphatic hydroxyl groups excluding tert-OH is 1. The lowest BCUT2D eigenvalue weighted by Crippen LogP contribution is -2.30. The molecule has 0 saturated heterocycles. The molecule has 0 aromatic rings. The summed E-state index contributed by atoms with van der Waals surface area (Å²) < 4.78 is 68.6. The number of esters is 4. The van der Waals surface area contributed by atoms with E-state index in [1.54, 1.807) is 0 Å². The Bertz CT molecular complexity index is 1900. The number of ether oxygens (including phenoxy) is 4. The molecular weight excluding hydrogens is 1270 g/mol. The maximum atomic E-state index is 13.1. The summed E-state index contributed by atoms with van der Waals surface area (Å²) in [6.07, 6.45) is 52.8. The molecule has 0 aromatic heterocycles. The zero-order valence-corrected chi connectivity index (χ0v) is 65.5.